The van der Waals surface area contributed by atoms with Gasteiger partial charge in [0.1, 0.15) is 12.1 Å². The molecule has 3 heterocycles. The SMILES string of the molecule is Cc1cc(C)c(S(=O)(=O)N2CCN(c3ccc4nncn4n3)CC2)cc1C. The fourth-order valence-electron chi connectivity index (χ4n) is 3.40. The topological polar surface area (TPSA) is 83.7 Å². The molecule has 0 unspecified atom stereocenters. The lowest BCUT2D eigenvalue weighted by atomic mass is 10.1. The van der Waals surface area contributed by atoms with Crippen LogP contribution in [-0.4, -0.2) is 58.7 Å². The van der Waals surface area contributed by atoms with Crippen molar-refractivity contribution in [2.45, 2.75) is 25.7 Å². The molecule has 1 fully saturated rings. The fraction of sp³-hybridized carbons (Fsp3) is 0.389. The molecule has 2 aromatic heterocycles. The highest BCUT2D eigenvalue weighted by molar-refractivity contribution is 7.89. The maximum absolute atomic E-state index is 13.1. The van der Waals surface area contributed by atoms with Gasteiger partial charge in [0.05, 0.1) is 4.90 Å². The summed E-state index contributed by atoms with van der Waals surface area (Å²) < 4.78 is 29.4. The minimum Gasteiger partial charge on any atom is -0.353 e. The van der Waals surface area contributed by atoms with Gasteiger partial charge in [0, 0.05) is 26.2 Å². The van der Waals surface area contributed by atoms with Gasteiger partial charge in [0.25, 0.3) is 0 Å². The lowest BCUT2D eigenvalue weighted by Crippen LogP contribution is -2.49. The molecule has 0 aliphatic carbocycles. The summed E-state index contributed by atoms with van der Waals surface area (Å²) in [5, 5.41) is 12.3. The number of rotatable bonds is 3. The van der Waals surface area contributed by atoms with Crippen LogP contribution >= 0.6 is 0 Å². The zero-order valence-corrected chi connectivity index (χ0v) is 16.4. The molecule has 1 aromatic carbocycles. The third-order valence-electron chi connectivity index (χ3n) is 5.12. The molecule has 0 amide bonds. The molecule has 0 N–H and O–H groups in total. The molecule has 0 bridgehead atoms. The van der Waals surface area contributed by atoms with Crippen molar-refractivity contribution in [1.82, 2.24) is 24.1 Å². The Morgan fingerprint density at radius 1 is 0.926 bits per heavy atom. The predicted molar refractivity (Wildman–Crippen MR) is 102 cm³/mol. The van der Waals surface area contributed by atoms with Crippen LogP contribution < -0.4 is 4.90 Å². The van der Waals surface area contributed by atoms with E-state index in [9.17, 15) is 8.42 Å². The third-order valence-corrected chi connectivity index (χ3v) is 7.16. The second kappa shape index (κ2) is 6.58. The highest BCUT2D eigenvalue weighted by Crippen LogP contribution is 2.25. The van der Waals surface area contributed by atoms with Crippen LogP contribution in [0.25, 0.3) is 5.65 Å². The van der Waals surface area contributed by atoms with Gasteiger partial charge >= 0.3 is 0 Å². The molecular formula is C18H22N6O2S. The van der Waals surface area contributed by atoms with Crippen molar-refractivity contribution in [2.75, 3.05) is 31.1 Å². The van der Waals surface area contributed by atoms with E-state index < -0.39 is 10.0 Å². The number of nitrogens with zero attached hydrogens (tertiary/aromatic N) is 6. The number of piperazine rings is 1. The Bertz CT molecular complexity index is 1100. The number of aryl methyl sites for hydroxylation is 3. The summed E-state index contributed by atoms with van der Waals surface area (Å²) in [5.74, 6) is 0.793. The van der Waals surface area contributed by atoms with Gasteiger partial charge in [-0.1, -0.05) is 6.07 Å². The summed E-state index contributed by atoms with van der Waals surface area (Å²) in [6.07, 6.45) is 1.56. The van der Waals surface area contributed by atoms with Crippen LogP contribution in [0.4, 0.5) is 5.82 Å². The first-order valence-corrected chi connectivity index (χ1v) is 10.3. The number of fused-ring (bicyclic) bond motifs is 1. The monoisotopic (exact) mass is 386 g/mol. The molecule has 3 aromatic rings. The van der Waals surface area contributed by atoms with E-state index in [0.717, 1.165) is 22.5 Å². The van der Waals surface area contributed by atoms with Crippen LogP contribution in [-0.2, 0) is 10.0 Å². The van der Waals surface area contributed by atoms with Gasteiger partial charge < -0.3 is 4.90 Å². The van der Waals surface area contributed by atoms with Crippen molar-refractivity contribution in [1.29, 1.82) is 0 Å². The van der Waals surface area contributed by atoms with Crippen LogP contribution in [0.5, 0.6) is 0 Å². The van der Waals surface area contributed by atoms with E-state index in [4.69, 9.17) is 0 Å². The zero-order valence-electron chi connectivity index (χ0n) is 15.6. The summed E-state index contributed by atoms with van der Waals surface area (Å²) in [6.45, 7) is 7.82. The first kappa shape index (κ1) is 17.9. The van der Waals surface area contributed by atoms with Gasteiger partial charge in [0.2, 0.25) is 10.0 Å². The first-order chi connectivity index (χ1) is 12.9. The first-order valence-electron chi connectivity index (χ1n) is 8.86. The number of hydrogen-bond acceptors (Lipinski definition) is 6. The Hall–Kier alpha value is -2.52. The van der Waals surface area contributed by atoms with Crippen LogP contribution in [0.15, 0.2) is 35.5 Å². The van der Waals surface area contributed by atoms with Crippen LogP contribution in [0.1, 0.15) is 16.7 Å². The number of sulfonamides is 1. The van der Waals surface area contributed by atoms with E-state index in [2.05, 4.69) is 20.2 Å². The lowest BCUT2D eigenvalue weighted by molar-refractivity contribution is 0.383. The van der Waals surface area contributed by atoms with Gasteiger partial charge in [-0.2, -0.15) is 8.82 Å². The van der Waals surface area contributed by atoms with Gasteiger partial charge in [-0.25, -0.2) is 8.42 Å². The van der Waals surface area contributed by atoms with E-state index in [1.807, 2.05) is 39.0 Å². The third kappa shape index (κ3) is 3.17. The highest BCUT2D eigenvalue weighted by Gasteiger charge is 2.30. The lowest BCUT2D eigenvalue weighted by Gasteiger charge is -2.34. The summed E-state index contributed by atoms with van der Waals surface area (Å²) in [7, 11) is -3.50. The minimum atomic E-state index is -3.50. The Kier molecular flexibility index (Phi) is 4.35. The van der Waals surface area contributed by atoms with Crippen molar-refractivity contribution in [3.8, 4) is 0 Å². The van der Waals surface area contributed by atoms with Crippen molar-refractivity contribution >= 4 is 21.5 Å². The number of aromatic nitrogens is 4. The Balaban J connectivity index is 1.53. The van der Waals surface area contributed by atoms with Gasteiger partial charge in [0.15, 0.2) is 5.65 Å². The quantitative estimate of drug-likeness (QED) is 0.679. The van der Waals surface area contributed by atoms with Crippen LogP contribution in [0, 0.1) is 20.8 Å². The molecule has 142 valence electrons. The van der Waals surface area contributed by atoms with Crippen molar-refractivity contribution in [3.63, 3.8) is 0 Å². The second-order valence-electron chi connectivity index (χ2n) is 6.92. The maximum Gasteiger partial charge on any atom is 0.243 e. The average molecular weight is 386 g/mol. The Morgan fingerprint density at radius 3 is 2.37 bits per heavy atom. The van der Waals surface area contributed by atoms with Gasteiger partial charge in [-0.05, 0) is 55.7 Å². The molecule has 27 heavy (non-hydrogen) atoms. The molecule has 9 heteroatoms. The number of hydrogen-bond donors (Lipinski definition) is 0. The molecule has 0 atom stereocenters. The highest BCUT2D eigenvalue weighted by atomic mass is 32.2. The normalized spacial score (nSPS) is 16.2. The largest absolute Gasteiger partial charge is 0.353 e. The molecule has 1 aliphatic rings. The second-order valence-corrected chi connectivity index (χ2v) is 8.82. The van der Waals surface area contributed by atoms with Crippen molar-refractivity contribution < 1.29 is 8.42 Å². The molecule has 0 spiro atoms. The number of anilines is 1. The fourth-order valence-corrected chi connectivity index (χ4v) is 5.11. The van der Waals surface area contributed by atoms with Crippen molar-refractivity contribution in [3.05, 3.63) is 47.3 Å². The summed E-state index contributed by atoms with van der Waals surface area (Å²) >= 11 is 0. The minimum absolute atomic E-state index is 0.406. The Morgan fingerprint density at radius 2 is 1.63 bits per heavy atom. The molecular weight excluding hydrogens is 364 g/mol. The van der Waals surface area contributed by atoms with E-state index in [-0.39, 0.29) is 0 Å². The summed E-state index contributed by atoms with van der Waals surface area (Å²) in [6, 6.07) is 7.48. The van der Waals surface area contributed by atoms with Gasteiger partial charge in [-0.3, -0.25) is 0 Å². The molecule has 4 rings (SSSR count). The number of benzene rings is 1. The van der Waals surface area contributed by atoms with E-state index in [0.29, 0.717) is 36.7 Å². The molecule has 0 radical (unpaired) electrons. The standard InChI is InChI=1S/C18H22N6O2S/c1-13-10-15(3)16(11-14(13)2)27(25,26)23-8-6-22(7-9-23)18-5-4-17-20-19-12-24(17)21-18/h4-5,10-12H,6-9H2,1-3H3. The van der Waals surface area contributed by atoms with Crippen LogP contribution in [0.2, 0.25) is 0 Å². The van der Waals surface area contributed by atoms with Gasteiger partial charge in [-0.15, -0.1) is 15.3 Å². The predicted octanol–water partition coefficient (Wildman–Crippen LogP) is 1.56. The molecule has 0 saturated carbocycles. The van der Waals surface area contributed by atoms with Crippen molar-refractivity contribution in [2.24, 2.45) is 0 Å². The summed E-state index contributed by atoms with van der Waals surface area (Å²) in [5.41, 5.74) is 3.57. The zero-order chi connectivity index (χ0) is 19.2. The van der Waals surface area contributed by atoms with E-state index in [1.54, 1.807) is 21.2 Å². The maximum atomic E-state index is 13.1. The Labute approximate surface area is 158 Å². The summed E-state index contributed by atoms with van der Waals surface area (Å²) in [4.78, 5) is 2.49. The molecule has 1 aliphatic heterocycles. The van der Waals surface area contributed by atoms with Crippen LogP contribution in [0.3, 0.4) is 0 Å². The molecule has 1 saturated heterocycles. The molecule has 8 nitrogen and oxygen atoms in total. The average Bonchev–Trinajstić information content (AvgIpc) is 3.12. The smallest absolute Gasteiger partial charge is 0.243 e. The van der Waals surface area contributed by atoms with E-state index in [1.165, 1.54) is 0 Å². The van der Waals surface area contributed by atoms with E-state index >= 15 is 0 Å².